The van der Waals surface area contributed by atoms with Gasteiger partial charge >= 0.3 is 0 Å². The molecule has 7 nitrogen and oxygen atoms in total. The van der Waals surface area contributed by atoms with Crippen LogP contribution in [0.1, 0.15) is 30.9 Å². The Morgan fingerprint density at radius 3 is 2.49 bits per heavy atom. The van der Waals surface area contributed by atoms with E-state index in [0.717, 1.165) is 16.5 Å². The lowest BCUT2D eigenvalue weighted by Gasteiger charge is -2.30. The molecule has 4 atom stereocenters. The van der Waals surface area contributed by atoms with E-state index in [1.54, 1.807) is 30.3 Å². The largest absolute Gasteiger partial charge is 0.395 e. The van der Waals surface area contributed by atoms with Gasteiger partial charge in [0.2, 0.25) is 14.3 Å². The summed E-state index contributed by atoms with van der Waals surface area (Å²) in [6.07, 6.45) is 2.42. The Balaban J connectivity index is 1.29. The normalized spacial score (nSPS) is 20.4. The molecule has 1 aliphatic heterocycles. The lowest BCUT2D eigenvalue weighted by molar-refractivity contribution is -0.135. The van der Waals surface area contributed by atoms with Gasteiger partial charge in [0.05, 0.1) is 42.5 Å². The van der Waals surface area contributed by atoms with Gasteiger partial charge in [-0.1, -0.05) is 67.6 Å². The van der Waals surface area contributed by atoms with E-state index in [-0.39, 0.29) is 48.6 Å². The molecule has 1 fully saturated rings. The van der Waals surface area contributed by atoms with Gasteiger partial charge in [0.15, 0.2) is 0 Å². The van der Waals surface area contributed by atoms with Gasteiger partial charge in [-0.05, 0) is 61.2 Å². The number of rotatable bonds is 11. The van der Waals surface area contributed by atoms with E-state index < -0.39 is 14.5 Å². The second kappa shape index (κ2) is 13.3. The zero-order chi connectivity index (χ0) is 30.6. The molecule has 2 heterocycles. The van der Waals surface area contributed by atoms with E-state index >= 15 is 4.11 Å². The number of aliphatic hydroxyl groups is 1. The van der Waals surface area contributed by atoms with Crippen LogP contribution in [0, 0.1) is 5.92 Å². The van der Waals surface area contributed by atoms with Crippen LogP contribution >= 0.6 is 0 Å². The lowest BCUT2D eigenvalue weighted by Crippen LogP contribution is -2.40. The van der Waals surface area contributed by atoms with Crippen molar-refractivity contribution < 1.29 is 18.7 Å². The summed E-state index contributed by atoms with van der Waals surface area (Å²) in [5.74, 6) is -0.183. The first kappa shape index (κ1) is 30.8. The predicted molar refractivity (Wildman–Crippen MR) is 169 cm³/mol. The zero-order valence-electron chi connectivity index (χ0n) is 25.0. The van der Waals surface area contributed by atoms with Crippen molar-refractivity contribution in [2.75, 3.05) is 13.2 Å². The Morgan fingerprint density at radius 1 is 1.02 bits per heavy atom. The monoisotopic (exact) mass is 601 g/mol. The predicted octanol–water partition coefficient (Wildman–Crippen LogP) is 5.68. The van der Waals surface area contributed by atoms with E-state index in [1.807, 2.05) is 79.7 Å². The first-order chi connectivity index (χ1) is 20.7. The van der Waals surface area contributed by atoms with Crippen LogP contribution in [0.4, 0.5) is 4.11 Å². The van der Waals surface area contributed by atoms with Gasteiger partial charge in [-0.15, -0.1) is 0 Å². The van der Waals surface area contributed by atoms with Gasteiger partial charge < -0.3 is 18.9 Å². The first-order valence-electron chi connectivity index (χ1n) is 15.0. The third-order valence-corrected chi connectivity index (χ3v) is 11.1. The summed E-state index contributed by atoms with van der Waals surface area (Å²) >= 11 is 0. The van der Waals surface area contributed by atoms with Crippen molar-refractivity contribution in [1.82, 2.24) is 14.7 Å². The molecule has 0 saturated carbocycles. The average molecular weight is 602 g/mol. The molecule has 0 spiro atoms. The van der Waals surface area contributed by atoms with Crippen LogP contribution in [-0.2, 0) is 22.5 Å². The standard InChI is InChI=1S/C34H40FN3O4Si/c1-24-30(17-16-25-12-9-14-28(20-25)38-34(41)29-15-8-7-13-27(29)22-36-38)42-31(33(24)43(2,3)35)21-32(40)37(18-19-39)23-26-10-5-4-6-11-26/h4-15,20,22,24,30-31,33,39H,16-19,21,23H2,1-3H3/t24-,30+,31-,33+/m0/s1. The van der Waals surface area contributed by atoms with E-state index in [0.29, 0.717) is 30.5 Å². The zero-order valence-corrected chi connectivity index (χ0v) is 26.0. The molecule has 1 amide bonds. The van der Waals surface area contributed by atoms with E-state index in [2.05, 4.69) is 5.10 Å². The number of amides is 1. The highest BCUT2D eigenvalue weighted by Gasteiger charge is 2.51. The number of hydrogen-bond acceptors (Lipinski definition) is 5. The summed E-state index contributed by atoms with van der Waals surface area (Å²) in [4.78, 5) is 28.2. The van der Waals surface area contributed by atoms with Crippen molar-refractivity contribution in [2.45, 2.75) is 63.6 Å². The highest BCUT2D eigenvalue weighted by atomic mass is 28.4. The molecule has 43 heavy (non-hydrogen) atoms. The van der Waals surface area contributed by atoms with Crippen molar-refractivity contribution in [2.24, 2.45) is 5.92 Å². The molecule has 1 saturated heterocycles. The Kier molecular flexibility index (Phi) is 9.54. The highest BCUT2D eigenvalue weighted by Crippen LogP contribution is 2.47. The number of carbonyl (C=O) groups is 1. The van der Waals surface area contributed by atoms with Crippen LogP contribution in [0.2, 0.25) is 18.6 Å². The first-order valence-corrected chi connectivity index (χ1v) is 17.9. The quantitative estimate of drug-likeness (QED) is 0.177. The molecule has 4 aromatic rings. The van der Waals surface area contributed by atoms with Crippen molar-refractivity contribution >= 4 is 25.1 Å². The Labute approximate surface area is 253 Å². The van der Waals surface area contributed by atoms with Crippen LogP contribution < -0.4 is 5.56 Å². The smallest absolute Gasteiger partial charge is 0.279 e. The SMILES string of the molecule is C[C@@H]1[C@@H]([Si](C)(C)F)[C@H](CC(=O)N(CCO)Cc2ccccc2)O[C@@H]1CCc1cccc(-n2ncc3ccccc3c2=O)c1. The molecule has 0 unspecified atom stereocenters. The maximum absolute atomic E-state index is 15.7. The topological polar surface area (TPSA) is 84.7 Å². The molecule has 3 aromatic carbocycles. The summed E-state index contributed by atoms with van der Waals surface area (Å²) in [6, 6.07) is 24.8. The number of aromatic nitrogens is 2. The molecular weight excluding hydrogens is 561 g/mol. The minimum absolute atomic E-state index is 0.0437. The fourth-order valence-corrected chi connectivity index (χ4v) is 9.07. The molecule has 0 aliphatic carbocycles. The summed E-state index contributed by atoms with van der Waals surface area (Å²) in [5.41, 5.74) is 2.20. The van der Waals surface area contributed by atoms with E-state index in [9.17, 15) is 14.7 Å². The number of benzene rings is 3. The molecular formula is C34H40FN3O4Si. The van der Waals surface area contributed by atoms with Crippen molar-refractivity contribution in [1.29, 1.82) is 0 Å². The Hall–Kier alpha value is -3.66. The highest BCUT2D eigenvalue weighted by molar-refractivity contribution is 6.72. The summed E-state index contributed by atoms with van der Waals surface area (Å²) in [7, 11) is -3.17. The third-order valence-electron chi connectivity index (χ3n) is 8.58. The number of fused-ring (bicyclic) bond motifs is 1. The minimum atomic E-state index is -3.17. The van der Waals surface area contributed by atoms with Crippen LogP contribution in [0.25, 0.3) is 16.5 Å². The van der Waals surface area contributed by atoms with Crippen LogP contribution in [0.5, 0.6) is 0 Å². The summed E-state index contributed by atoms with van der Waals surface area (Å²) in [5, 5.41) is 15.4. The summed E-state index contributed by atoms with van der Waals surface area (Å²) < 4.78 is 23.6. The van der Waals surface area contributed by atoms with Gasteiger partial charge in [-0.25, -0.2) is 0 Å². The van der Waals surface area contributed by atoms with Crippen molar-refractivity contribution in [3.05, 3.63) is 107 Å². The van der Waals surface area contributed by atoms with Crippen LogP contribution in [-0.4, -0.2) is 59.5 Å². The van der Waals surface area contributed by atoms with E-state index in [4.69, 9.17) is 4.74 Å². The minimum Gasteiger partial charge on any atom is -0.395 e. The van der Waals surface area contributed by atoms with Crippen molar-refractivity contribution in [3.63, 3.8) is 0 Å². The summed E-state index contributed by atoms with van der Waals surface area (Å²) in [6.45, 7) is 5.90. The van der Waals surface area contributed by atoms with Gasteiger partial charge in [0.25, 0.3) is 5.56 Å². The van der Waals surface area contributed by atoms with Gasteiger partial charge in [-0.3, -0.25) is 9.59 Å². The molecule has 226 valence electrons. The van der Waals surface area contributed by atoms with Gasteiger partial charge in [0.1, 0.15) is 0 Å². The van der Waals surface area contributed by atoms with E-state index in [1.165, 1.54) is 4.68 Å². The number of carbonyl (C=O) groups excluding carboxylic acids is 1. The molecule has 5 rings (SSSR count). The molecule has 1 N–H and O–H groups in total. The van der Waals surface area contributed by atoms with Crippen LogP contribution in [0.3, 0.4) is 0 Å². The number of nitrogens with zero attached hydrogens (tertiary/aromatic N) is 3. The second-order valence-corrected chi connectivity index (χ2v) is 15.8. The number of halogens is 1. The molecule has 0 bridgehead atoms. The third kappa shape index (κ3) is 7.12. The van der Waals surface area contributed by atoms with Gasteiger partial charge in [0, 0.05) is 24.0 Å². The number of hydrogen-bond donors (Lipinski definition) is 1. The fourth-order valence-electron chi connectivity index (χ4n) is 6.52. The number of aryl methyl sites for hydroxylation is 1. The Morgan fingerprint density at radius 2 is 1.74 bits per heavy atom. The molecule has 1 aromatic heterocycles. The lowest BCUT2D eigenvalue weighted by atomic mass is 9.95. The number of ether oxygens (including phenoxy) is 1. The average Bonchev–Trinajstić information content (AvgIpc) is 3.31. The van der Waals surface area contributed by atoms with Gasteiger partial charge in [-0.2, -0.15) is 9.78 Å². The van der Waals surface area contributed by atoms with Crippen LogP contribution in [0.15, 0.2) is 89.9 Å². The van der Waals surface area contributed by atoms with Crippen molar-refractivity contribution in [3.8, 4) is 5.69 Å². The molecule has 0 radical (unpaired) electrons. The number of aliphatic hydroxyl groups excluding tert-OH is 1. The Bertz CT molecular complexity index is 1610. The molecule has 1 aliphatic rings. The fraction of sp³-hybridized carbons (Fsp3) is 0.382. The second-order valence-electron chi connectivity index (χ2n) is 12.0. The molecule has 9 heteroatoms. The maximum Gasteiger partial charge on any atom is 0.279 e. The maximum atomic E-state index is 15.7.